The van der Waals surface area contributed by atoms with E-state index in [2.05, 4.69) is 5.32 Å². The average molecular weight is 220 g/mol. The molecule has 0 saturated carbocycles. The third-order valence-electron chi connectivity index (χ3n) is 2.35. The van der Waals surface area contributed by atoms with E-state index in [9.17, 15) is 9.59 Å². The number of benzene rings is 1. The standard InChI is InChI=1S/C11H12N2O3/c1-6-11(15)13-8-4-7(5-10(12)14)2-3-9(8)16-6/h2-4,6H,5H2,1H3,(H2,12,14)(H,13,15). The van der Waals surface area contributed by atoms with Crippen LogP contribution in [-0.2, 0) is 16.0 Å². The molecule has 0 spiro atoms. The Kier molecular flexibility index (Phi) is 2.52. The number of hydrogen-bond acceptors (Lipinski definition) is 3. The van der Waals surface area contributed by atoms with Crippen LogP contribution in [0.1, 0.15) is 12.5 Å². The first kappa shape index (κ1) is 10.5. The fourth-order valence-corrected chi connectivity index (χ4v) is 1.57. The Morgan fingerprint density at radius 2 is 2.31 bits per heavy atom. The van der Waals surface area contributed by atoms with Gasteiger partial charge >= 0.3 is 0 Å². The number of rotatable bonds is 2. The van der Waals surface area contributed by atoms with E-state index in [-0.39, 0.29) is 12.3 Å². The molecule has 1 unspecified atom stereocenters. The van der Waals surface area contributed by atoms with Gasteiger partial charge < -0.3 is 15.8 Å². The van der Waals surface area contributed by atoms with Crippen molar-refractivity contribution in [3.05, 3.63) is 23.8 Å². The summed E-state index contributed by atoms with van der Waals surface area (Å²) in [4.78, 5) is 22.1. The van der Waals surface area contributed by atoms with Crippen molar-refractivity contribution in [3.8, 4) is 5.75 Å². The number of ether oxygens (including phenoxy) is 1. The maximum Gasteiger partial charge on any atom is 0.265 e. The predicted molar refractivity (Wildman–Crippen MR) is 58.1 cm³/mol. The molecule has 0 saturated heterocycles. The molecule has 2 rings (SSSR count). The number of carbonyl (C=O) groups is 2. The molecule has 1 atom stereocenters. The van der Waals surface area contributed by atoms with Crippen molar-refractivity contribution in [2.45, 2.75) is 19.4 Å². The minimum atomic E-state index is -0.491. The van der Waals surface area contributed by atoms with E-state index < -0.39 is 12.0 Å². The molecule has 1 aromatic rings. The second-order valence-corrected chi connectivity index (χ2v) is 3.72. The highest BCUT2D eigenvalue weighted by Crippen LogP contribution is 2.30. The Morgan fingerprint density at radius 3 is 3.00 bits per heavy atom. The van der Waals surface area contributed by atoms with Crippen LogP contribution in [0.2, 0.25) is 0 Å². The minimum absolute atomic E-state index is 0.151. The third kappa shape index (κ3) is 1.98. The molecule has 0 aliphatic carbocycles. The lowest BCUT2D eigenvalue weighted by Crippen LogP contribution is -2.34. The maximum atomic E-state index is 11.4. The average Bonchev–Trinajstić information content (AvgIpc) is 2.19. The first-order valence-electron chi connectivity index (χ1n) is 4.95. The summed E-state index contributed by atoms with van der Waals surface area (Å²) in [6.45, 7) is 1.68. The van der Waals surface area contributed by atoms with Gasteiger partial charge in [0.2, 0.25) is 5.91 Å². The molecule has 0 radical (unpaired) electrons. The predicted octanol–water partition coefficient (Wildman–Crippen LogP) is 0.434. The van der Waals surface area contributed by atoms with Gasteiger partial charge in [-0.25, -0.2) is 0 Å². The van der Waals surface area contributed by atoms with Gasteiger partial charge in [-0.3, -0.25) is 9.59 Å². The van der Waals surface area contributed by atoms with E-state index in [0.29, 0.717) is 11.4 Å². The fraction of sp³-hybridized carbons (Fsp3) is 0.273. The Labute approximate surface area is 92.6 Å². The summed E-state index contributed by atoms with van der Waals surface area (Å²) in [5.74, 6) is 0.0143. The molecule has 0 aromatic heterocycles. The van der Waals surface area contributed by atoms with Crippen molar-refractivity contribution < 1.29 is 14.3 Å². The zero-order chi connectivity index (χ0) is 11.7. The lowest BCUT2D eigenvalue weighted by atomic mass is 10.1. The van der Waals surface area contributed by atoms with Crippen LogP contribution in [0.15, 0.2) is 18.2 Å². The van der Waals surface area contributed by atoms with Crippen molar-refractivity contribution in [2.24, 2.45) is 5.73 Å². The lowest BCUT2D eigenvalue weighted by Gasteiger charge is -2.23. The van der Waals surface area contributed by atoms with Gasteiger partial charge in [-0.2, -0.15) is 0 Å². The minimum Gasteiger partial charge on any atom is -0.479 e. The molecule has 1 aliphatic heterocycles. The number of primary amides is 1. The zero-order valence-corrected chi connectivity index (χ0v) is 8.82. The Hall–Kier alpha value is -2.04. The summed E-state index contributed by atoms with van der Waals surface area (Å²) < 4.78 is 5.38. The lowest BCUT2D eigenvalue weighted by molar-refractivity contribution is -0.122. The van der Waals surface area contributed by atoms with Crippen LogP contribution in [0.25, 0.3) is 0 Å². The highest BCUT2D eigenvalue weighted by molar-refractivity contribution is 5.97. The van der Waals surface area contributed by atoms with Crippen molar-refractivity contribution in [1.82, 2.24) is 0 Å². The van der Waals surface area contributed by atoms with Crippen molar-refractivity contribution in [2.75, 3.05) is 5.32 Å². The molecule has 2 amide bonds. The second kappa shape index (κ2) is 3.84. The molecule has 84 valence electrons. The molecule has 16 heavy (non-hydrogen) atoms. The molecule has 1 aromatic carbocycles. The highest BCUT2D eigenvalue weighted by Gasteiger charge is 2.23. The topological polar surface area (TPSA) is 81.4 Å². The normalized spacial score (nSPS) is 18.3. The fourth-order valence-electron chi connectivity index (χ4n) is 1.57. The van der Waals surface area contributed by atoms with Gasteiger partial charge in [-0.05, 0) is 24.6 Å². The Bertz CT molecular complexity index is 457. The van der Waals surface area contributed by atoms with Crippen LogP contribution >= 0.6 is 0 Å². The molecule has 5 heteroatoms. The molecular formula is C11H12N2O3. The van der Waals surface area contributed by atoms with Crippen LogP contribution in [0.5, 0.6) is 5.75 Å². The number of fused-ring (bicyclic) bond motifs is 1. The summed E-state index contributed by atoms with van der Waals surface area (Å²) in [6.07, 6.45) is -0.340. The molecule has 5 nitrogen and oxygen atoms in total. The van der Waals surface area contributed by atoms with Crippen molar-refractivity contribution in [3.63, 3.8) is 0 Å². The van der Waals surface area contributed by atoms with Gasteiger partial charge in [0.1, 0.15) is 5.75 Å². The SMILES string of the molecule is CC1Oc2ccc(CC(N)=O)cc2NC1=O. The van der Waals surface area contributed by atoms with Crippen LogP contribution in [0.4, 0.5) is 5.69 Å². The van der Waals surface area contributed by atoms with Gasteiger partial charge in [-0.15, -0.1) is 0 Å². The van der Waals surface area contributed by atoms with Gasteiger partial charge in [0, 0.05) is 0 Å². The number of amides is 2. The first-order chi connectivity index (χ1) is 7.56. The quantitative estimate of drug-likeness (QED) is 0.758. The molecular weight excluding hydrogens is 208 g/mol. The number of anilines is 1. The van der Waals surface area contributed by atoms with E-state index in [1.165, 1.54) is 0 Å². The van der Waals surface area contributed by atoms with Crippen LogP contribution in [-0.4, -0.2) is 17.9 Å². The van der Waals surface area contributed by atoms with Crippen LogP contribution < -0.4 is 15.8 Å². The van der Waals surface area contributed by atoms with E-state index in [0.717, 1.165) is 5.56 Å². The number of hydrogen-bond donors (Lipinski definition) is 2. The van der Waals surface area contributed by atoms with Gasteiger partial charge in [0.15, 0.2) is 6.10 Å². The number of carbonyl (C=O) groups excluding carboxylic acids is 2. The van der Waals surface area contributed by atoms with Crippen molar-refractivity contribution >= 4 is 17.5 Å². The van der Waals surface area contributed by atoms with E-state index >= 15 is 0 Å². The summed E-state index contributed by atoms with van der Waals surface area (Å²) in [5.41, 5.74) is 6.43. The number of nitrogens with two attached hydrogens (primary N) is 1. The molecule has 1 aliphatic rings. The summed E-state index contributed by atoms with van der Waals surface area (Å²) >= 11 is 0. The summed E-state index contributed by atoms with van der Waals surface area (Å²) in [5, 5.41) is 2.71. The Morgan fingerprint density at radius 1 is 1.56 bits per heavy atom. The second-order valence-electron chi connectivity index (χ2n) is 3.72. The van der Waals surface area contributed by atoms with Gasteiger partial charge in [0.05, 0.1) is 12.1 Å². The van der Waals surface area contributed by atoms with Gasteiger partial charge in [-0.1, -0.05) is 6.07 Å². The van der Waals surface area contributed by atoms with Gasteiger partial charge in [0.25, 0.3) is 5.91 Å². The summed E-state index contributed by atoms with van der Waals surface area (Å²) in [6, 6.07) is 5.18. The van der Waals surface area contributed by atoms with E-state index in [1.54, 1.807) is 25.1 Å². The van der Waals surface area contributed by atoms with Crippen LogP contribution in [0.3, 0.4) is 0 Å². The first-order valence-corrected chi connectivity index (χ1v) is 4.95. The number of nitrogens with one attached hydrogen (secondary N) is 1. The van der Waals surface area contributed by atoms with Crippen molar-refractivity contribution in [1.29, 1.82) is 0 Å². The van der Waals surface area contributed by atoms with E-state index in [1.807, 2.05) is 0 Å². The largest absolute Gasteiger partial charge is 0.479 e. The molecule has 0 fully saturated rings. The maximum absolute atomic E-state index is 11.4. The summed E-state index contributed by atoms with van der Waals surface area (Å²) in [7, 11) is 0. The zero-order valence-electron chi connectivity index (χ0n) is 8.82. The highest BCUT2D eigenvalue weighted by atomic mass is 16.5. The Balaban J connectivity index is 2.29. The van der Waals surface area contributed by atoms with Crippen LogP contribution in [0, 0.1) is 0 Å². The van der Waals surface area contributed by atoms with E-state index in [4.69, 9.17) is 10.5 Å². The molecule has 0 bridgehead atoms. The third-order valence-corrected chi connectivity index (χ3v) is 2.35. The monoisotopic (exact) mass is 220 g/mol. The molecule has 3 N–H and O–H groups in total. The molecule has 1 heterocycles. The smallest absolute Gasteiger partial charge is 0.265 e.